The number of thiophene rings is 1. The predicted molar refractivity (Wildman–Crippen MR) is 163 cm³/mol. The fourth-order valence-corrected chi connectivity index (χ4v) is 7.57. The molecule has 12 heteroatoms. The molecule has 0 aliphatic heterocycles. The predicted octanol–water partition coefficient (Wildman–Crippen LogP) is 9.24. The van der Waals surface area contributed by atoms with Gasteiger partial charge in [-0.1, -0.05) is 48.1 Å². The number of halogens is 6. The van der Waals surface area contributed by atoms with E-state index in [4.69, 9.17) is 44.7 Å². The van der Waals surface area contributed by atoms with Crippen molar-refractivity contribution in [1.82, 2.24) is 5.32 Å². The molecule has 1 amide bonds. The molecule has 1 aromatic rings. The number of alkyl halides is 3. The highest BCUT2D eigenvalue weighted by Gasteiger charge is 2.65. The fourth-order valence-electron chi connectivity index (χ4n) is 5.56. The molecule has 230 valence electrons. The monoisotopic (exact) mass is 656 g/mol. The number of carboxylic acid groups (broad SMARTS) is 1. The van der Waals surface area contributed by atoms with E-state index < -0.39 is 17.5 Å². The molecular weight excluding hydrogens is 620 g/mol. The van der Waals surface area contributed by atoms with Gasteiger partial charge < -0.3 is 10.4 Å². The SMILES string of the molecule is CCCC/C(=C(Cl)\C(Cl)=C(/C)Cl)C(CC(=NC)c1sc(C(=O)NCC)c2c1CCCC2)(C1CC1)C(F)(F)F.O=CO. The van der Waals surface area contributed by atoms with Gasteiger partial charge in [0, 0.05) is 25.0 Å². The third-order valence-electron chi connectivity index (χ3n) is 7.60. The normalized spacial score (nSPS) is 18.2. The van der Waals surface area contributed by atoms with Gasteiger partial charge in [0.05, 0.1) is 30.9 Å². The van der Waals surface area contributed by atoms with Gasteiger partial charge in [0.1, 0.15) is 0 Å². The number of hydrogen-bond donors (Lipinski definition) is 2. The minimum atomic E-state index is -4.59. The number of nitrogens with zero attached hydrogens (tertiary/aromatic N) is 1. The van der Waals surface area contributed by atoms with Crippen LogP contribution in [-0.4, -0.2) is 43.0 Å². The summed E-state index contributed by atoms with van der Waals surface area (Å²) in [5.41, 5.74) is 0.161. The lowest BCUT2D eigenvalue weighted by Gasteiger charge is -2.40. The van der Waals surface area contributed by atoms with Crippen molar-refractivity contribution in [2.75, 3.05) is 13.6 Å². The molecule has 2 aliphatic carbocycles. The molecule has 1 unspecified atom stereocenters. The average Bonchev–Trinajstić information content (AvgIpc) is 3.70. The zero-order chi connectivity index (χ0) is 31.0. The molecule has 2 N–H and O–H groups in total. The molecule has 5 nitrogen and oxygen atoms in total. The van der Waals surface area contributed by atoms with E-state index in [-0.39, 0.29) is 45.9 Å². The van der Waals surface area contributed by atoms with Crippen molar-refractivity contribution in [3.05, 3.63) is 41.6 Å². The van der Waals surface area contributed by atoms with Crippen molar-refractivity contribution < 1.29 is 27.9 Å². The highest BCUT2D eigenvalue weighted by atomic mass is 35.5. The first-order valence-electron chi connectivity index (χ1n) is 13.8. The Labute approximate surface area is 259 Å². The summed E-state index contributed by atoms with van der Waals surface area (Å²) in [6.07, 6.45) is 0.705. The number of nitrogens with one attached hydrogen (secondary N) is 1. The molecule has 1 saturated carbocycles. The van der Waals surface area contributed by atoms with Crippen LogP contribution in [0.2, 0.25) is 0 Å². The smallest absolute Gasteiger partial charge is 0.398 e. The third-order valence-corrected chi connectivity index (χ3v) is 10.2. The van der Waals surface area contributed by atoms with Crippen LogP contribution in [0.4, 0.5) is 13.2 Å². The summed E-state index contributed by atoms with van der Waals surface area (Å²) < 4.78 is 46.4. The number of allylic oxidation sites excluding steroid dienone is 4. The van der Waals surface area contributed by atoms with Gasteiger partial charge in [0.15, 0.2) is 0 Å². The maximum absolute atomic E-state index is 15.5. The van der Waals surface area contributed by atoms with Crippen LogP contribution in [0.15, 0.2) is 25.7 Å². The molecular formula is C29H38Cl3F3N2O3S. The lowest BCUT2D eigenvalue weighted by Crippen LogP contribution is -2.44. The van der Waals surface area contributed by atoms with E-state index in [9.17, 15) is 4.79 Å². The van der Waals surface area contributed by atoms with Crippen molar-refractivity contribution in [2.45, 2.75) is 91.2 Å². The number of hydrogen-bond acceptors (Lipinski definition) is 4. The lowest BCUT2D eigenvalue weighted by atomic mass is 9.68. The van der Waals surface area contributed by atoms with E-state index in [0.29, 0.717) is 47.7 Å². The van der Waals surface area contributed by atoms with Crippen LogP contribution in [0.25, 0.3) is 0 Å². The highest BCUT2D eigenvalue weighted by molar-refractivity contribution is 7.16. The van der Waals surface area contributed by atoms with E-state index in [0.717, 1.165) is 36.8 Å². The van der Waals surface area contributed by atoms with Crippen LogP contribution < -0.4 is 5.32 Å². The number of carbonyl (C=O) groups excluding carboxylic acids is 1. The number of amides is 1. The van der Waals surface area contributed by atoms with Gasteiger partial charge in [0.2, 0.25) is 0 Å². The van der Waals surface area contributed by atoms with Gasteiger partial charge in [-0.3, -0.25) is 14.6 Å². The molecule has 1 aromatic heterocycles. The van der Waals surface area contributed by atoms with E-state index in [1.807, 2.05) is 13.8 Å². The van der Waals surface area contributed by atoms with E-state index in [2.05, 4.69) is 10.3 Å². The standard InChI is InChI=1S/C28H36Cl3F3N2OS.CH2O2/c1-5-7-12-20(23(31)22(30)16(3)29)27(17-13-14-17,28(32,33)34)15-21(35-4)24-18-10-8-9-11-19(18)25(38-24)26(37)36-6-2;2-1-3/h17H,5-15H2,1-4H3,(H,36,37);1H,(H,2,3)/b22-16-,23-20-,35-21?;. The summed E-state index contributed by atoms with van der Waals surface area (Å²) in [6.45, 7) is 5.53. The second-order valence-corrected chi connectivity index (χ2v) is 12.6. The van der Waals surface area contributed by atoms with E-state index in [1.165, 1.54) is 25.3 Å². The van der Waals surface area contributed by atoms with Crippen LogP contribution in [0.1, 0.15) is 97.8 Å². The molecule has 0 spiro atoms. The van der Waals surface area contributed by atoms with Gasteiger partial charge in [-0.15, -0.1) is 11.3 Å². The van der Waals surface area contributed by atoms with Crippen molar-refractivity contribution in [3.63, 3.8) is 0 Å². The van der Waals surface area contributed by atoms with Crippen molar-refractivity contribution in [3.8, 4) is 0 Å². The summed E-state index contributed by atoms with van der Waals surface area (Å²) in [5, 5.41) is 9.75. The van der Waals surface area contributed by atoms with Gasteiger partial charge in [-0.25, -0.2) is 0 Å². The van der Waals surface area contributed by atoms with Gasteiger partial charge in [0.25, 0.3) is 12.4 Å². The maximum atomic E-state index is 15.5. The molecule has 2 aliphatic rings. The van der Waals surface area contributed by atoms with Crippen molar-refractivity contribution >= 4 is 64.2 Å². The van der Waals surface area contributed by atoms with E-state index >= 15 is 13.2 Å². The highest BCUT2D eigenvalue weighted by Crippen LogP contribution is 2.63. The van der Waals surface area contributed by atoms with E-state index in [1.54, 1.807) is 0 Å². The van der Waals surface area contributed by atoms with Crippen LogP contribution in [0.5, 0.6) is 0 Å². The van der Waals surface area contributed by atoms with Gasteiger partial charge in [-0.05, 0) is 87.8 Å². The Morgan fingerprint density at radius 3 is 2.10 bits per heavy atom. The minimum absolute atomic E-state index is 0.0456. The second-order valence-electron chi connectivity index (χ2n) is 10.2. The fraction of sp³-hybridized carbons (Fsp3) is 0.621. The van der Waals surface area contributed by atoms with Gasteiger partial charge >= 0.3 is 6.18 Å². The number of rotatable bonds is 11. The van der Waals surface area contributed by atoms with Crippen LogP contribution in [-0.2, 0) is 17.6 Å². The molecule has 1 fully saturated rings. The molecule has 1 heterocycles. The molecule has 0 aromatic carbocycles. The zero-order valence-electron chi connectivity index (χ0n) is 23.8. The van der Waals surface area contributed by atoms with Crippen LogP contribution >= 0.6 is 46.1 Å². The Hall–Kier alpha value is -1.55. The Morgan fingerprint density at radius 2 is 1.66 bits per heavy atom. The first kappa shape index (κ1) is 35.6. The first-order chi connectivity index (χ1) is 19.4. The number of fused-ring (bicyclic) bond motifs is 1. The Kier molecular flexibility index (Phi) is 13.7. The quantitative estimate of drug-likeness (QED) is 0.141. The number of unbranched alkanes of at least 4 members (excludes halogenated alkanes) is 1. The molecule has 3 rings (SSSR count). The zero-order valence-corrected chi connectivity index (χ0v) is 26.9. The summed E-state index contributed by atoms with van der Waals surface area (Å²) in [7, 11) is 1.54. The molecule has 0 bridgehead atoms. The minimum Gasteiger partial charge on any atom is -0.483 e. The summed E-state index contributed by atoms with van der Waals surface area (Å²) >= 11 is 20.5. The second kappa shape index (κ2) is 15.8. The summed E-state index contributed by atoms with van der Waals surface area (Å²) in [5.74, 6) is -0.804. The number of aliphatic imine (C=N–C) groups is 1. The van der Waals surface area contributed by atoms with Crippen molar-refractivity contribution in [1.29, 1.82) is 0 Å². The summed E-state index contributed by atoms with van der Waals surface area (Å²) in [4.78, 5) is 27.0. The molecule has 0 saturated heterocycles. The first-order valence-corrected chi connectivity index (χ1v) is 15.8. The average molecular weight is 658 g/mol. The van der Waals surface area contributed by atoms with Crippen LogP contribution in [0, 0.1) is 11.3 Å². The third kappa shape index (κ3) is 8.09. The molecule has 1 atom stereocenters. The number of carbonyl (C=O) groups is 2. The Balaban J connectivity index is 0.00000187. The van der Waals surface area contributed by atoms with Gasteiger partial charge in [-0.2, -0.15) is 13.2 Å². The maximum Gasteiger partial charge on any atom is 0.398 e. The summed E-state index contributed by atoms with van der Waals surface area (Å²) in [6, 6.07) is 0. The molecule has 41 heavy (non-hydrogen) atoms. The lowest BCUT2D eigenvalue weighted by molar-refractivity contribution is -0.216. The largest absolute Gasteiger partial charge is 0.483 e. The Bertz CT molecular complexity index is 1190. The van der Waals surface area contributed by atoms with Crippen LogP contribution in [0.3, 0.4) is 0 Å². The molecule has 0 radical (unpaired) electrons. The Morgan fingerprint density at radius 1 is 1.10 bits per heavy atom. The van der Waals surface area contributed by atoms with Crippen molar-refractivity contribution in [2.24, 2.45) is 16.3 Å². The topological polar surface area (TPSA) is 78.8 Å².